The summed E-state index contributed by atoms with van der Waals surface area (Å²) in [5.41, 5.74) is -0.532. The third-order valence-electron chi connectivity index (χ3n) is 5.43. The largest absolute Gasteiger partial charge is 0.435 e. The first-order valence-electron chi connectivity index (χ1n) is 9.31. The first-order chi connectivity index (χ1) is 13.2. The number of hydrogen-bond acceptors (Lipinski definition) is 2. The van der Waals surface area contributed by atoms with E-state index in [1.54, 1.807) is 4.90 Å². The molecule has 1 aromatic carbocycles. The second kappa shape index (κ2) is 6.70. The Bertz CT molecular complexity index is 875. The van der Waals surface area contributed by atoms with Gasteiger partial charge in [-0.25, -0.2) is 4.68 Å². The van der Waals surface area contributed by atoms with Crippen molar-refractivity contribution in [3.63, 3.8) is 0 Å². The van der Waals surface area contributed by atoms with Crippen molar-refractivity contribution in [1.29, 1.82) is 0 Å². The molecule has 0 saturated carbocycles. The maximum absolute atomic E-state index is 13.5. The van der Waals surface area contributed by atoms with E-state index in [4.69, 9.17) is 0 Å². The van der Waals surface area contributed by atoms with E-state index in [0.29, 0.717) is 31.6 Å². The van der Waals surface area contributed by atoms with Crippen LogP contribution in [0.3, 0.4) is 0 Å². The summed E-state index contributed by atoms with van der Waals surface area (Å²) in [4.78, 5) is 1.80. The third-order valence-corrected chi connectivity index (χ3v) is 5.43. The summed E-state index contributed by atoms with van der Waals surface area (Å²) in [6, 6.07) is 3.20. The van der Waals surface area contributed by atoms with E-state index in [9.17, 15) is 26.3 Å². The summed E-state index contributed by atoms with van der Waals surface area (Å²) >= 11 is 0. The number of anilines is 1. The zero-order chi connectivity index (χ0) is 20.1. The molecular formula is C19H19F6N3. The van der Waals surface area contributed by atoms with Crippen LogP contribution in [0.25, 0.3) is 5.69 Å². The van der Waals surface area contributed by atoms with Crippen LogP contribution in [0.4, 0.5) is 32.0 Å². The fraction of sp³-hybridized carbons (Fsp3) is 0.526. The minimum Gasteiger partial charge on any atom is -0.370 e. The molecule has 0 spiro atoms. The van der Waals surface area contributed by atoms with Gasteiger partial charge in [-0.2, -0.15) is 31.4 Å². The molecule has 0 atom stereocenters. The topological polar surface area (TPSA) is 21.1 Å². The number of halogens is 6. The molecule has 1 saturated heterocycles. The number of alkyl halides is 6. The highest BCUT2D eigenvalue weighted by atomic mass is 19.4. The Hall–Kier alpha value is -2.19. The third kappa shape index (κ3) is 3.35. The van der Waals surface area contributed by atoms with Gasteiger partial charge in [0.2, 0.25) is 0 Å². The van der Waals surface area contributed by atoms with Crippen molar-refractivity contribution in [2.45, 2.75) is 50.9 Å². The average Bonchev–Trinajstić information content (AvgIpc) is 3.28. The maximum Gasteiger partial charge on any atom is 0.435 e. The number of aromatic nitrogens is 2. The van der Waals surface area contributed by atoms with Crippen LogP contribution in [0.5, 0.6) is 0 Å². The highest BCUT2D eigenvalue weighted by Crippen LogP contribution is 2.40. The maximum atomic E-state index is 13.5. The lowest BCUT2D eigenvalue weighted by atomic mass is 9.95. The summed E-state index contributed by atoms with van der Waals surface area (Å²) in [5.74, 6) is 0. The summed E-state index contributed by atoms with van der Waals surface area (Å²) < 4.78 is 81.4. The molecule has 2 aromatic rings. The van der Waals surface area contributed by atoms with Gasteiger partial charge >= 0.3 is 12.4 Å². The van der Waals surface area contributed by atoms with Crippen molar-refractivity contribution in [2.24, 2.45) is 0 Å². The van der Waals surface area contributed by atoms with Gasteiger partial charge in [0.25, 0.3) is 0 Å². The average molecular weight is 403 g/mol. The lowest BCUT2D eigenvalue weighted by molar-refractivity contribution is -0.142. The van der Waals surface area contributed by atoms with E-state index in [1.165, 1.54) is 10.7 Å². The Morgan fingerprint density at radius 3 is 2.11 bits per heavy atom. The fourth-order valence-electron chi connectivity index (χ4n) is 4.12. The van der Waals surface area contributed by atoms with Gasteiger partial charge in [0.15, 0.2) is 5.69 Å². The Morgan fingerprint density at radius 2 is 1.46 bits per heavy atom. The minimum atomic E-state index is -4.59. The fourth-order valence-corrected chi connectivity index (χ4v) is 4.12. The van der Waals surface area contributed by atoms with Crippen LogP contribution >= 0.6 is 0 Å². The quantitative estimate of drug-likeness (QED) is 0.627. The molecule has 2 heterocycles. The van der Waals surface area contributed by atoms with Crippen molar-refractivity contribution >= 4 is 5.69 Å². The first-order valence-corrected chi connectivity index (χ1v) is 9.31. The van der Waals surface area contributed by atoms with Crippen LogP contribution in [-0.2, 0) is 25.2 Å². The number of hydrogen-bond donors (Lipinski definition) is 0. The number of fused-ring (bicyclic) bond motifs is 1. The normalized spacial score (nSPS) is 17.9. The van der Waals surface area contributed by atoms with Gasteiger partial charge in [-0.3, -0.25) is 0 Å². The minimum absolute atomic E-state index is 0.172. The lowest BCUT2D eigenvalue weighted by Crippen LogP contribution is -2.22. The van der Waals surface area contributed by atoms with Crippen LogP contribution in [0.15, 0.2) is 18.2 Å². The second-order valence-electron chi connectivity index (χ2n) is 7.29. The van der Waals surface area contributed by atoms with E-state index in [-0.39, 0.29) is 23.4 Å². The zero-order valence-corrected chi connectivity index (χ0v) is 15.0. The van der Waals surface area contributed by atoms with E-state index in [1.807, 2.05) is 0 Å². The van der Waals surface area contributed by atoms with E-state index in [2.05, 4.69) is 5.10 Å². The predicted molar refractivity (Wildman–Crippen MR) is 91.7 cm³/mol. The summed E-state index contributed by atoms with van der Waals surface area (Å²) in [5, 5.41) is 3.84. The Labute approximate surface area is 157 Å². The molecule has 0 unspecified atom stereocenters. The summed E-state index contributed by atoms with van der Waals surface area (Å²) in [7, 11) is 0. The molecule has 2 aliphatic rings. The van der Waals surface area contributed by atoms with Crippen LogP contribution < -0.4 is 4.90 Å². The molecule has 1 aliphatic heterocycles. The monoisotopic (exact) mass is 403 g/mol. The summed E-state index contributed by atoms with van der Waals surface area (Å²) in [6.07, 6.45) is -5.35. The Morgan fingerprint density at radius 1 is 0.786 bits per heavy atom. The molecule has 28 heavy (non-hydrogen) atoms. The van der Waals surface area contributed by atoms with Crippen LogP contribution in [0.1, 0.15) is 48.2 Å². The smallest absolute Gasteiger partial charge is 0.370 e. The molecule has 152 valence electrons. The predicted octanol–water partition coefficient (Wildman–Crippen LogP) is 5.39. The molecule has 1 aromatic heterocycles. The summed E-state index contributed by atoms with van der Waals surface area (Å²) in [6.45, 7) is 1.15. The molecule has 0 radical (unpaired) electrons. The van der Waals surface area contributed by atoms with Crippen molar-refractivity contribution in [2.75, 3.05) is 18.0 Å². The van der Waals surface area contributed by atoms with Gasteiger partial charge in [-0.15, -0.1) is 0 Å². The van der Waals surface area contributed by atoms with Gasteiger partial charge in [-0.05, 0) is 56.7 Å². The van der Waals surface area contributed by atoms with Gasteiger partial charge in [0, 0.05) is 24.3 Å². The van der Waals surface area contributed by atoms with E-state index >= 15 is 0 Å². The molecular weight excluding hydrogens is 384 g/mol. The second-order valence-corrected chi connectivity index (χ2v) is 7.29. The molecule has 0 N–H and O–H groups in total. The molecule has 0 bridgehead atoms. The van der Waals surface area contributed by atoms with E-state index in [0.717, 1.165) is 31.4 Å². The van der Waals surface area contributed by atoms with Crippen molar-refractivity contribution < 1.29 is 26.3 Å². The number of benzene rings is 1. The number of rotatable bonds is 2. The molecule has 4 rings (SSSR count). The SMILES string of the molecule is FC(F)(F)c1ccc(-n2nc(C(F)(F)F)c3c2CCCC3)c(N2CCCC2)c1. The zero-order valence-electron chi connectivity index (χ0n) is 15.0. The molecule has 1 aliphatic carbocycles. The molecule has 9 heteroatoms. The standard InChI is InChI=1S/C19H19F6N3/c20-18(21,22)12-7-8-15(16(11-12)27-9-3-4-10-27)28-14-6-2-1-5-13(14)17(26-28)19(23,24)25/h7-8,11H,1-6,9-10H2. The number of nitrogens with zero attached hydrogens (tertiary/aromatic N) is 3. The van der Waals surface area contributed by atoms with Crippen LogP contribution in [0, 0.1) is 0 Å². The Balaban J connectivity index is 1.90. The van der Waals surface area contributed by atoms with Gasteiger partial charge in [-0.1, -0.05) is 0 Å². The molecule has 3 nitrogen and oxygen atoms in total. The van der Waals surface area contributed by atoms with Gasteiger partial charge in [0.05, 0.1) is 16.9 Å². The van der Waals surface area contributed by atoms with Crippen molar-refractivity contribution in [3.8, 4) is 5.69 Å². The van der Waals surface area contributed by atoms with E-state index < -0.39 is 23.6 Å². The van der Waals surface area contributed by atoms with Gasteiger partial charge in [0.1, 0.15) is 0 Å². The highest BCUT2D eigenvalue weighted by Gasteiger charge is 2.40. The van der Waals surface area contributed by atoms with Crippen molar-refractivity contribution in [3.05, 3.63) is 40.7 Å². The highest BCUT2D eigenvalue weighted by molar-refractivity contribution is 5.65. The molecule has 1 fully saturated rings. The Kier molecular flexibility index (Phi) is 4.58. The van der Waals surface area contributed by atoms with Gasteiger partial charge < -0.3 is 4.90 Å². The lowest BCUT2D eigenvalue weighted by Gasteiger charge is -2.24. The van der Waals surface area contributed by atoms with Crippen molar-refractivity contribution in [1.82, 2.24) is 9.78 Å². The molecule has 0 amide bonds. The first kappa shape index (κ1) is 19.1. The van der Waals surface area contributed by atoms with Crippen LogP contribution in [-0.4, -0.2) is 22.9 Å². The van der Waals surface area contributed by atoms with Crippen LogP contribution in [0.2, 0.25) is 0 Å².